The van der Waals surface area contributed by atoms with Gasteiger partial charge in [0.2, 0.25) is 0 Å². The number of carbonyl (C=O) groups is 2. The van der Waals surface area contributed by atoms with Crippen LogP contribution in [0.15, 0.2) is 66.7 Å². The molecule has 0 saturated carbocycles. The van der Waals surface area contributed by atoms with Crippen LogP contribution in [-0.2, 0) is 24.1 Å². The summed E-state index contributed by atoms with van der Waals surface area (Å²) in [6.07, 6.45) is 2.81. The van der Waals surface area contributed by atoms with E-state index in [2.05, 4.69) is 6.92 Å². The molecular weight excluding hydrogens is 485 g/mol. The zero-order valence-corrected chi connectivity index (χ0v) is 21.0. The third kappa shape index (κ3) is 6.56. The third-order valence-electron chi connectivity index (χ3n) is 6.25. The Kier molecular flexibility index (Phi) is 7.68. The minimum Gasteiger partial charge on any atom is -0.487 e. The largest absolute Gasteiger partial charge is 0.487 e. The average Bonchev–Trinajstić information content (AvgIpc) is 2.81. The highest BCUT2D eigenvalue weighted by molar-refractivity contribution is 6.30. The summed E-state index contributed by atoms with van der Waals surface area (Å²) in [5, 5.41) is 10.7. The second-order valence-corrected chi connectivity index (χ2v) is 10.1. The van der Waals surface area contributed by atoms with Crippen molar-refractivity contribution in [2.45, 2.75) is 38.2 Å². The van der Waals surface area contributed by atoms with E-state index < -0.39 is 5.97 Å². The number of carboxylic acids is 1. The van der Waals surface area contributed by atoms with Crippen LogP contribution in [0.5, 0.6) is 5.75 Å². The molecule has 1 N–H and O–H groups in total. The molecule has 0 unspecified atom stereocenters. The Bertz CT molecular complexity index is 1230. The molecule has 5 nitrogen and oxygen atoms in total. The third-order valence-corrected chi connectivity index (χ3v) is 6.74. The first-order valence-corrected chi connectivity index (χ1v) is 12.3. The fourth-order valence-electron chi connectivity index (χ4n) is 4.44. The van der Waals surface area contributed by atoms with Crippen LogP contribution in [-0.4, -0.2) is 40.6 Å². The summed E-state index contributed by atoms with van der Waals surface area (Å²) < 4.78 is 6.37. The molecule has 0 aromatic heterocycles. The number of aryl methyl sites for hydroxylation is 1. The molecule has 1 aliphatic heterocycles. The maximum atomic E-state index is 13.2. The molecule has 1 atom stereocenters. The number of carboxylic acid groups (broad SMARTS) is 1. The SMILES string of the molecule is C[C@]1(Cc2cccc(Cl)c2)CCc2cc(C(=O)N(CCc3ccc(Cl)cc3)CC(=O)O)ccc2O1. The number of nitrogens with zero attached hydrogens (tertiary/aromatic N) is 1. The number of aliphatic carboxylic acids is 1. The maximum absolute atomic E-state index is 13.2. The van der Waals surface area contributed by atoms with E-state index in [0.29, 0.717) is 22.0 Å². The highest BCUT2D eigenvalue weighted by Crippen LogP contribution is 2.36. The zero-order valence-electron chi connectivity index (χ0n) is 19.5. The van der Waals surface area contributed by atoms with Crippen LogP contribution in [0.25, 0.3) is 0 Å². The predicted molar refractivity (Wildman–Crippen MR) is 138 cm³/mol. The van der Waals surface area contributed by atoms with Crippen molar-refractivity contribution in [1.82, 2.24) is 4.90 Å². The first-order valence-electron chi connectivity index (χ1n) is 11.5. The van der Waals surface area contributed by atoms with Gasteiger partial charge in [0.15, 0.2) is 0 Å². The molecule has 182 valence electrons. The van der Waals surface area contributed by atoms with E-state index in [1.807, 2.05) is 48.5 Å². The van der Waals surface area contributed by atoms with Crippen molar-refractivity contribution in [3.63, 3.8) is 0 Å². The lowest BCUT2D eigenvalue weighted by Gasteiger charge is -2.36. The Labute approximate surface area is 215 Å². The number of fused-ring (bicyclic) bond motifs is 1. The molecular formula is C28H27Cl2NO4. The summed E-state index contributed by atoms with van der Waals surface area (Å²) >= 11 is 12.1. The lowest BCUT2D eigenvalue weighted by Crippen LogP contribution is -2.39. The molecule has 0 bridgehead atoms. The van der Waals surface area contributed by atoms with Gasteiger partial charge in [-0.15, -0.1) is 0 Å². The Hall–Kier alpha value is -3.02. The molecule has 35 heavy (non-hydrogen) atoms. The number of hydrogen-bond acceptors (Lipinski definition) is 3. The van der Waals surface area contributed by atoms with Crippen LogP contribution in [0.3, 0.4) is 0 Å². The topological polar surface area (TPSA) is 66.8 Å². The van der Waals surface area contributed by atoms with Crippen LogP contribution >= 0.6 is 23.2 Å². The van der Waals surface area contributed by atoms with Crippen molar-refractivity contribution >= 4 is 35.1 Å². The highest BCUT2D eigenvalue weighted by atomic mass is 35.5. The minimum atomic E-state index is -1.05. The highest BCUT2D eigenvalue weighted by Gasteiger charge is 2.32. The number of amides is 1. The van der Waals surface area contributed by atoms with Crippen molar-refractivity contribution in [3.8, 4) is 5.75 Å². The normalized spacial score (nSPS) is 16.8. The Morgan fingerprint density at radius 2 is 1.77 bits per heavy atom. The van der Waals surface area contributed by atoms with Crippen LogP contribution in [0.2, 0.25) is 10.0 Å². The van der Waals surface area contributed by atoms with Crippen molar-refractivity contribution in [2.75, 3.05) is 13.1 Å². The van der Waals surface area contributed by atoms with Gasteiger partial charge in [-0.1, -0.05) is 47.5 Å². The second-order valence-electron chi connectivity index (χ2n) is 9.18. The monoisotopic (exact) mass is 511 g/mol. The van der Waals surface area contributed by atoms with Gasteiger partial charge in [0.25, 0.3) is 5.91 Å². The fourth-order valence-corrected chi connectivity index (χ4v) is 4.78. The van der Waals surface area contributed by atoms with E-state index in [0.717, 1.165) is 41.7 Å². The number of hydrogen-bond donors (Lipinski definition) is 1. The summed E-state index contributed by atoms with van der Waals surface area (Å²) in [5.41, 5.74) is 3.13. The van der Waals surface area contributed by atoms with Crippen molar-refractivity contribution in [1.29, 1.82) is 0 Å². The van der Waals surface area contributed by atoms with Gasteiger partial charge in [0.1, 0.15) is 17.9 Å². The van der Waals surface area contributed by atoms with Crippen LogP contribution in [0, 0.1) is 0 Å². The summed E-state index contributed by atoms with van der Waals surface area (Å²) in [4.78, 5) is 26.0. The molecule has 0 spiro atoms. The van der Waals surface area contributed by atoms with Gasteiger partial charge < -0.3 is 14.7 Å². The molecule has 0 fully saturated rings. The van der Waals surface area contributed by atoms with E-state index in [9.17, 15) is 14.7 Å². The van der Waals surface area contributed by atoms with Crippen LogP contribution in [0.1, 0.15) is 40.4 Å². The van der Waals surface area contributed by atoms with Gasteiger partial charge in [-0.05, 0) is 85.3 Å². The average molecular weight is 512 g/mol. The van der Waals surface area contributed by atoms with Gasteiger partial charge in [-0.3, -0.25) is 9.59 Å². The lowest BCUT2D eigenvalue weighted by atomic mass is 9.87. The number of rotatable bonds is 8. The standard InChI is InChI=1S/C28H27Cl2NO4/c1-28(17-20-3-2-4-24(30)15-20)13-11-21-16-22(7-10-25(21)35-28)27(34)31(18-26(32)33)14-12-19-5-8-23(29)9-6-19/h2-10,15-16H,11-14,17-18H2,1H3,(H,32,33)/t28-/m1/s1. The number of benzene rings is 3. The van der Waals surface area contributed by atoms with Crippen molar-refractivity contribution in [2.24, 2.45) is 0 Å². The maximum Gasteiger partial charge on any atom is 0.323 e. The predicted octanol–water partition coefficient (Wildman–Crippen LogP) is 6.09. The molecule has 7 heteroatoms. The molecule has 1 amide bonds. The first-order chi connectivity index (χ1) is 16.7. The van der Waals surface area contributed by atoms with E-state index in [1.165, 1.54) is 4.90 Å². The van der Waals surface area contributed by atoms with Gasteiger partial charge in [-0.25, -0.2) is 0 Å². The van der Waals surface area contributed by atoms with E-state index in [-0.39, 0.29) is 24.6 Å². The van der Waals surface area contributed by atoms with Crippen molar-refractivity contribution < 1.29 is 19.4 Å². The quantitative estimate of drug-likeness (QED) is 0.397. The van der Waals surface area contributed by atoms with E-state index in [4.69, 9.17) is 27.9 Å². The van der Waals surface area contributed by atoms with E-state index >= 15 is 0 Å². The van der Waals surface area contributed by atoms with Gasteiger partial charge in [0.05, 0.1) is 0 Å². The Balaban J connectivity index is 1.47. The molecule has 0 aliphatic carbocycles. The Morgan fingerprint density at radius 1 is 1.00 bits per heavy atom. The van der Waals surface area contributed by atoms with Crippen molar-refractivity contribution in [3.05, 3.63) is 99.0 Å². The van der Waals surface area contributed by atoms with Crippen LogP contribution < -0.4 is 4.74 Å². The molecule has 1 aliphatic rings. The van der Waals surface area contributed by atoms with Gasteiger partial charge >= 0.3 is 5.97 Å². The molecule has 3 aromatic carbocycles. The minimum absolute atomic E-state index is 0.290. The van der Waals surface area contributed by atoms with Gasteiger partial charge in [-0.2, -0.15) is 0 Å². The van der Waals surface area contributed by atoms with E-state index in [1.54, 1.807) is 18.2 Å². The summed E-state index contributed by atoms with van der Waals surface area (Å²) in [7, 11) is 0. The molecule has 1 heterocycles. The fraction of sp³-hybridized carbons (Fsp3) is 0.286. The lowest BCUT2D eigenvalue weighted by molar-refractivity contribution is -0.137. The molecule has 4 rings (SSSR count). The van der Waals surface area contributed by atoms with Crippen LogP contribution in [0.4, 0.5) is 0 Å². The summed E-state index contributed by atoms with van der Waals surface area (Å²) in [5.74, 6) is -0.604. The molecule has 0 saturated heterocycles. The molecule has 3 aromatic rings. The van der Waals surface area contributed by atoms with Gasteiger partial charge in [0, 0.05) is 28.6 Å². The zero-order chi connectivity index (χ0) is 25.0. The number of carbonyl (C=O) groups excluding carboxylic acids is 1. The Morgan fingerprint density at radius 3 is 2.49 bits per heavy atom. The molecule has 0 radical (unpaired) electrons. The summed E-state index contributed by atoms with van der Waals surface area (Å²) in [6, 6.07) is 20.5. The number of ether oxygens (including phenoxy) is 1. The number of halogens is 2. The second kappa shape index (κ2) is 10.7. The summed E-state index contributed by atoms with van der Waals surface area (Å²) in [6.45, 7) is 2.01. The smallest absolute Gasteiger partial charge is 0.323 e. The first kappa shape index (κ1) is 25.1.